The molecular weight excluding hydrogens is 178 g/mol. The van der Waals surface area contributed by atoms with Gasteiger partial charge in [0.15, 0.2) is 5.76 Å². The van der Waals surface area contributed by atoms with Crippen LogP contribution in [0.3, 0.4) is 0 Å². The molecule has 0 aromatic carbocycles. The van der Waals surface area contributed by atoms with Crippen molar-refractivity contribution < 1.29 is 9.53 Å². The van der Waals surface area contributed by atoms with Crippen molar-refractivity contribution in [3.63, 3.8) is 0 Å². The van der Waals surface area contributed by atoms with Crippen LogP contribution in [-0.2, 0) is 9.53 Å². The minimum atomic E-state index is -0.242. The summed E-state index contributed by atoms with van der Waals surface area (Å²) in [6.07, 6.45) is 4.85. The highest BCUT2D eigenvalue weighted by molar-refractivity contribution is 5.98. The van der Waals surface area contributed by atoms with Crippen LogP contribution in [0, 0.1) is 5.41 Å². The van der Waals surface area contributed by atoms with Gasteiger partial charge < -0.3 is 10.1 Å². The van der Waals surface area contributed by atoms with Gasteiger partial charge in [-0.3, -0.25) is 4.79 Å². The summed E-state index contributed by atoms with van der Waals surface area (Å²) in [6, 6.07) is 0. The van der Waals surface area contributed by atoms with E-state index in [1.54, 1.807) is 0 Å². The van der Waals surface area contributed by atoms with E-state index in [4.69, 9.17) is 4.74 Å². The van der Waals surface area contributed by atoms with Crippen molar-refractivity contribution in [2.45, 2.75) is 26.2 Å². The molecule has 3 nitrogen and oxygen atoms in total. The van der Waals surface area contributed by atoms with Gasteiger partial charge >= 0.3 is 0 Å². The van der Waals surface area contributed by atoms with E-state index in [0.29, 0.717) is 12.4 Å². The second-order valence-electron chi connectivity index (χ2n) is 4.38. The number of Topliss-reactive ketones (excluding diaryl/α,β-unsaturated/α-hetero) is 1. The molecule has 0 aromatic rings. The van der Waals surface area contributed by atoms with Crippen molar-refractivity contribution in [1.82, 2.24) is 5.32 Å². The molecule has 3 heteroatoms. The molecule has 0 amide bonds. The van der Waals surface area contributed by atoms with Crippen LogP contribution in [0.4, 0.5) is 0 Å². The van der Waals surface area contributed by atoms with Crippen LogP contribution in [0.1, 0.15) is 26.2 Å². The summed E-state index contributed by atoms with van der Waals surface area (Å²) in [5.74, 6) is 0.776. The van der Waals surface area contributed by atoms with Crippen molar-refractivity contribution >= 4 is 5.78 Å². The molecule has 2 heterocycles. The van der Waals surface area contributed by atoms with E-state index in [2.05, 4.69) is 5.32 Å². The minimum absolute atomic E-state index is 0.183. The van der Waals surface area contributed by atoms with E-state index < -0.39 is 0 Å². The summed E-state index contributed by atoms with van der Waals surface area (Å²) in [4.78, 5) is 12.1. The fourth-order valence-corrected chi connectivity index (χ4v) is 2.12. The first-order chi connectivity index (χ1) is 6.72. The Morgan fingerprint density at radius 1 is 1.64 bits per heavy atom. The molecule has 2 aliphatic rings. The van der Waals surface area contributed by atoms with Crippen LogP contribution in [0.5, 0.6) is 0 Å². The average Bonchev–Trinajstić information content (AvgIpc) is 2.70. The maximum atomic E-state index is 12.1. The summed E-state index contributed by atoms with van der Waals surface area (Å²) in [6.45, 7) is 4.52. The highest BCUT2D eigenvalue weighted by Gasteiger charge is 2.37. The number of carbonyl (C=O) groups is 1. The highest BCUT2D eigenvalue weighted by Crippen LogP contribution is 2.31. The Morgan fingerprint density at radius 3 is 3.07 bits per heavy atom. The quantitative estimate of drug-likeness (QED) is 0.720. The van der Waals surface area contributed by atoms with Gasteiger partial charge in [-0.05, 0) is 25.5 Å². The van der Waals surface area contributed by atoms with Gasteiger partial charge in [0.2, 0.25) is 5.78 Å². The molecule has 0 aliphatic carbocycles. The van der Waals surface area contributed by atoms with Crippen LogP contribution >= 0.6 is 0 Å². The predicted octanol–water partition coefficient (Wildman–Crippen LogP) is 1.25. The Kier molecular flexibility index (Phi) is 2.59. The van der Waals surface area contributed by atoms with E-state index in [1.165, 1.54) is 0 Å². The monoisotopic (exact) mass is 195 g/mol. The first kappa shape index (κ1) is 9.71. The maximum Gasteiger partial charge on any atom is 0.204 e. The lowest BCUT2D eigenvalue weighted by molar-refractivity contribution is -0.128. The molecule has 0 saturated carbocycles. The third kappa shape index (κ3) is 1.69. The highest BCUT2D eigenvalue weighted by atomic mass is 16.5. The molecule has 1 N–H and O–H groups in total. The summed E-state index contributed by atoms with van der Waals surface area (Å²) in [5, 5.41) is 3.28. The number of rotatable bonds is 2. The Hall–Kier alpha value is -0.830. The zero-order chi connectivity index (χ0) is 10.0. The lowest BCUT2D eigenvalue weighted by atomic mass is 9.78. The fourth-order valence-electron chi connectivity index (χ4n) is 2.12. The van der Waals surface area contributed by atoms with Crippen LogP contribution in [-0.4, -0.2) is 25.5 Å². The first-order valence-electron chi connectivity index (χ1n) is 5.31. The van der Waals surface area contributed by atoms with Crippen LogP contribution in [0.15, 0.2) is 11.8 Å². The summed E-state index contributed by atoms with van der Waals surface area (Å²) < 4.78 is 5.32. The number of nitrogens with one attached hydrogen (secondary N) is 1. The van der Waals surface area contributed by atoms with Gasteiger partial charge in [0.25, 0.3) is 0 Å². The lowest BCUT2D eigenvalue weighted by Crippen LogP contribution is -2.44. The van der Waals surface area contributed by atoms with Crippen molar-refractivity contribution in [3.8, 4) is 0 Å². The van der Waals surface area contributed by atoms with Crippen LogP contribution < -0.4 is 5.32 Å². The Bertz CT molecular complexity index is 264. The van der Waals surface area contributed by atoms with Crippen LogP contribution in [0.25, 0.3) is 0 Å². The molecule has 1 atom stereocenters. The Labute approximate surface area is 84.5 Å². The molecule has 1 unspecified atom stereocenters. The number of ketones is 1. The zero-order valence-electron chi connectivity index (χ0n) is 8.64. The topological polar surface area (TPSA) is 38.3 Å². The number of hydrogen-bond donors (Lipinski definition) is 1. The molecule has 0 spiro atoms. The fraction of sp³-hybridized carbons (Fsp3) is 0.727. The lowest BCUT2D eigenvalue weighted by Gasteiger charge is -2.32. The van der Waals surface area contributed by atoms with Crippen molar-refractivity contribution in [2.75, 3.05) is 19.7 Å². The number of ether oxygens (including phenoxy) is 1. The molecule has 78 valence electrons. The number of hydrogen-bond acceptors (Lipinski definition) is 3. The summed E-state index contributed by atoms with van der Waals surface area (Å²) >= 11 is 0. The smallest absolute Gasteiger partial charge is 0.204 e. The second-order valence-corrected chi connectivity index (χ2v) is 4.38. The van der Waals surface area contributed by atoms with Crippen molar-refractivity contribution in [3.05, 3.63) is 11.8 Å². The molecule has 0 radical (unpaired) electrons. The normalized spacial score (nSPS) is 32.2. The van der Waals surface area contributed by atoms with Crippen molar-refractivity contribution in [2.24, 2.45) is 5.41 Å². The first-order valence-corrected chi connectivity index (χ1v) is 5.31. The van der Waals surface area contributed by atoms with Gasteiger partial charge in [-0.25, -0.2) is 0 Å². The summed E-state index contributed by atoms with van der Waals surface area (Å²) in [7, 11) is 0. The third-order valence-electron chi connectivity index (χ3n) is 3.07. The predicted molar refractivity (Wildman–Crippen MR) is 53.9 cm³/mol. The standard InChI is InChI=1S/C11H17NO2/c1-11(5-3-6-12-8-11)10(13)9-4-2-7-14-9/h4,12H,2-3,5-8H2,1H3. The van der Waals surface area contributed by atoms with E-state index >= 15 is 0 Å². The van der Waals surface area contributed by atoms with E-state index in [-0.39, 0.29) is 11.2 Å². The second kappa shape index (κ2) is 3.73. The minimum Gasteiger partial charge on any atom is -0.490 e. The largest absolute Gasteiger partial charge is 0.490 e. The van der Waals surface area contributed by atoms with Gasteiger partial charge in [0.05, 0.1) is 6.61 Å². The maximum absolute atomic E-state index is 12.1. The van der Waals surface area contributed by atoms with Gasteiger partial charge in [0.1, 0.15) is 0 Å². The summed E-state index contributed by atoms with van der Waals surface area (Å²) in [5.41, 5.74) is -0.242. The van der Waals surface area contributed by atoms with Gasteiger partial charge in [-0.2, -0.15) is 0 Å². The number of allylic oxidation sites excluding steroid dienone is 1. The molecule has 1 fully saturated rings. The molecule has 2 aliphatic heterocycles. The molecular formula is C11H17NO2. The Morgan fingerprint density at radius 2 is 2.50 bits per heavy atom. The Balaban J connectivity index is 2.08. The van der Waals surface area contributed by atoms with E-state index in [9.17, 15) is 4.79 Å². The number of carbonyl (C=O) groups excluding carboxylic acids is 1. The van der Waals surface area contributed by atoms with E-state index in [0.717, 1.165) is 32.4 Å². The zero-order valence-corrected chi connectivity index (χ0v) is 8.64. The third-order valence-corrected chi connectivity index (χ3v) is 3.07. The van der Waals surface area contributed by atoms with Crippen LogP contribution in [0.2, 0.25) is 0 Å². The SMILES string of the molecule is CC1(C(=O)C2=CCCO2)CCCNC1. The van der Waals surface area contributed by atoms with E-state index in [1.807, 2.05) is 13.0 Å². The molecule has 1 saturated heterocycles. The van der Waals surface area contributed by atoms with Gasteiger partial charge in [0, 0.05) is 18.4 Å². The molecule has 0 aromatic heterocycles. The number of piperidine rings is 1. The molecule has 14 heavy (non-hydrogen) atoms. The molecule has 0 bridgehead atoms. The van der Waals surface area contributed by atoms with Gasteiger partial charge in [-0.1, -0.05) is 6.92 Å². The van der Waals surface area contributed by atoms with Crippen molar-refractivity contribution in [1.29, 1.82) is 0 Å². The average molecular weight is 195 g/mol. The van der Waals surface area contributed by atoms with Gasteiger partial charge in [-0.15, -0.1) is 0 Å². The molecule has 2 rings (SSSR count).